The summed E-state index contributed by atoms with van der Waals surface area (Å²) in [5, 5.41) is 13.2. The molecule has 1 saturated heterocycles. The van der Waals surface area contributed by atoms with Gasteiger partial charge in [0.2, 0.25) is 0 Å². The Morgan fingerprint density at radius 1 is 1.29 bits per heavy atom. The Morgan fingerprint density at radius 2 is 2.00 bits per heavy atom. The average molecular weight is 296 g/mol. The van der Waals surface area contributed by atoms with E-state index in [4.69, 9.17) is 23.2 Å². The molecule has 2 N–H and O–H groups in total. The largest absolute Gasteiger partial charge is 0.390 e. The fraction of sp³-hybridized carbons (Fsp3) is 0.400. The maximum absolute atomic E-state index is 11.3. The average Bonchev–Trinajstić information content (AvgIpc) is 2.47. The minimum absolute atomic E-state index is 0.100. The third kappa shape index (κ3) is 2.85. The first-order chi connectivity index (χ1) is 7.89. The Bertz CT molecular complexity index is 532. The Labute approximate surface area is 109 Å². The summed E-state index contributed by atoms with van der Waals surface area (Å²) in [5.41, 5.74) is 0.528. The van der Waals surface area contributed by atoms with Crippen LogP contribution in [-0.2, 0) is 9.84 Å². The molecule has 1 aromatic carbocycles. The summed E-state index contributed by atoms with van der Waals surface area (Å²) in [4.78, 5) is 0. The molecule has 0 unspecified atom stereocenters. The van der Waals surface area contributed by atoms with E-state index in [1.807, 2.05) is 0 Å². The van der Waals surface area contributed by atoms with Gasteiger partial charge in [0.05, 0.1) is 39.4 Å². The molecular formula is C10H11Cl2NO3S. The van der Waals surface area contributed by atoms with Gasteiger partial charge in [-0.2, -0.15) is 0 Å². The molecule has 1 aromatic rings. The van der Waals surface area contributed by atoms with E-state index < -0.39 is 22.0 Å². The van der Waals surface area contributed by atoms with Gasteiger partial charge in [-0.25, -0.2) is 8.42 Å². The highest BCUT2D eigenvalue weighted by atomic mass is 35.5. The van der Waals surface area contributed by atoms with Crippen molar-refractivity contribution in [3.05, 3.63) is 28.2 Å². The predicted octanol–water partition coefficient (Wildman–Crippen LogP) is 1.56. The smallest absolute Gasteiger partial charge is 0.155 e. The van der Waals surface area contributed by atoms with Crippen LogP contribution in [0.25, 0.3) is 0 Å². The second-order valence-electron chi connectivity index (χ2n) is 4.00. The zero-order chi connectivity index (χ0) is 12.6. The number of aliphatic hydroxyl groups is 1. The van der Waals surface area contributed by atoms with E-state index in [1.165, 1.54) is 0 Å². The first-order valence-corrected chi connectivity index (χ1v) is 7.56. The monoisotopic (exact) mass is 295 g/mol. The summed E-state index contributed by atoms with van der Waals surface area (Å²) in [6.07, 6.45) is -0.921. The van der Waals surface area contributed by atoms with Crippen molar-refractivity contribution in [3.8, 4) is 0 Å². The van der Waals surface area contributed by atoms with Crippen molar-refractivity contribution < 1.29 is 13.5 Å². The minimum Gasteiger partial charge on any atom is -0.390 e. The number of benzene rings is 1. The van der Waals surface area contributed by atoms with Crippen molar-refractivity contribution in [3.63, 3.8) is 0 Å². The molecule has 0 bridgehead atoms. The summed E-state index contributed by atoms with van der Waals surface area (Å²) in [6.45, 7) is 0. The number of halogens is 2. The van der Waals surface area contributed by atoms with E-state index >= 15 is 0 Å². The first kappa shape index (κ1) is 13.0. The first-order valence-electron chi connectivity index (χ1n) is 4.98. The molecule has 7 heteroatoms. The van der Waals surface area contributed by atoms with Crippen LogP contribution in [0.4, 0.5) is 5.69 Å². The van der Waals surface area contributed by atoms with E-state index in [9.17, 15) is 13.5 Å². The van der Waals surface area contributed by atoms with Gasteiger partial charge in [0.15, 0.2) is 9.84 Å². The molecule has 2 atom stereocenters. The number of rotatable bonds is 2. The van der Waals surface area contributed by atoms with E-state index in [0.29, 0.717) is 15.7 Å². The van der Waals surface area contributed by atoms with Crippen LogP contribution >= 0.6 is 23.2 Å². The summed E-state index contributed by atoms with van der Waals surface area (Å²) in [7, 11) is -3.18. The molecular weight excluding hydrogens is 285 g/mol. The number of hydrogen-bond acceptors (Lipinski definition) is 4. The molecule has 94 valence electrons. The summed E-state index contributed by atoms with van der Waals surface area (Å²) < 4.78 is 22.7. The molecule has 0 radical (unpaired) electrons. The molecule has 17 heavy (non-hydrogen) atoms. The van der Waals surface area contributed by atoms with Gasteiger partial charge in [0, 0.05) is 0 Å². The summed E-state index contributed by atoms with van der Waals surface area (Å²) >= 11 is 11.8. The molecule has 0 spiro atoms. The highest BCUT2D eigenvalue weighted by Crippen LogP contribution is 2.31. The number of anilines is 1. The Balaban J connectivity index is 2.20. The standard InChI is InChI=1S/C10H11Cl2NO3S/c11-6-2-1-3-7(10(6)12)13-8-4-17(15,16)5-9(8)14/h1-3,8-9,13-14H,4-5H2/t8-,9+/m0/s1. The van der Waals surface area contributed by atoms with Crippen LogP contribution in [0.2, 0.25) is 10.0 Å². The zero-order valence-corrected chi connectivity index (χ0v) is 11.1. The van der Waals surface area contributed by atoms with E-state index in [1.54, 1.807) is 18.2 Å². The highest BCUT2D eigenvalue weighted by Gasteiger charge is 2.36. The van der Waals surface area contributed by atoms with Gasteiger partial charge in [0.25, 0.3) is 0 Å². The van der Waals surface area contributed by atoms with E-state index in [2.05, 4.69) is 5.32 Å². The fourth-order valence-corrected chi connectivity index (χ4v) is 3.88. The Hall–Kier alpha value is -0.490. The second-order valence-corrected chi connectivity index (χ2v) is 6.94. The number of hydrogen-bond donors (Lipinski definition) is 2. The van der Waals surface area contributed by atoms with Gasteiger partial charge in [-0.1, -0.05) is 29.3 Å². The third-order valence-electron chi connectivity index (χ3n) is 2.62. The van der Waals surface area contributed by atoms with Crippen molar-refractivity contribution in [2.45, 2.75) is 12.1 Å². The van der Waals surface area contributed by atoms with Crippen LogP contribution in [-0.4, -0.2) is 37.2 Å². The zero-order valence-electron chi connectivity index (χ0n) is 8.73. The molecule has 1 fully saturated rings. The maximum atomic E-state index is 11.3. The summed E-state index contributed by atoms with van der Waals surface area (Å²) in [6, 6.07) is 4.48. The van der Waals surface area contributed by atoms with Crippen LogP contribution in [0, 0.1) is 0 Å². The van der Waals surface area contributed by atoms with Crippen molar-refractivity contribution in [1.29, 1.82) is 0 Å². The minimum atomic E-state index is -3.18. The molecule has 0 aromatic heterocycles. The lowest BCUT2D eigenvalue weighted by atomic mass is 10.2. The van der Waals surface area contributed by atoms with E-state index in [0.717, 1.165) is 0 Å². The van der Waals surface area contributed by atoms with E-state index in [-0.39, 0.29) is 11.5 Å². The van der Waals surface area contributed by atoms with Crippen LogP contribution in [0.3, 0.4) is 0 Å². The lowest BCUT2D eigenvalue weighted by molar-refractivity contribution is 0.190. The number of aliphatic hydroxyl groups excluding tert-OH is 1. The molecule has 0 aliphatic carbocycles. The molecule has 1 aliphatic rings. The van der Waals surface area contributed by atoms with Gasteiger partial charge >= 0.3 is 0 Å². The van der Waals surface area contributed by atoms with Gasteiger partial charge in [-0.3, -0.25) is 0 Å². The lowest BCUT2D eigenvalue weighted by Gasteiger charge is -2.17. The van der Waals surface area contributed by atoms with Gasteiger partial charge in [-0.05, 0) is 12.1 Å². The quantitative estimate of drug-likeness (QED) is 0.869. The SMILES string of the molecule is O=S1(=O)C[C@@H](O)[C@@H](Nc2cccc(Cl)c2Cl)C1. The van der Waals surface area contributed by atoms with Crippen LogP contribution in [0.15, 0.2) is 18.2 Å². The molecule has 4 nitrogen and oxygen atoms in total. The fourth-order valence-electron chi connectivity index (χ4n) is 1.78. The van der Waals surface area contributed by atoms with Gasteiger partial charge in [-0.15, -0.1) is 0 Å². The van der Waals surface area contributed by atoms with Crippen molar-refractivity contribution in [2.24, 2.45) is 0 Å². The number of nitrogens with one attached hydrogen (secondary N) is 1. The third-order valence-corrected chi connectivity index (χ3v) is 5.15. The topological polar surface area (TPSA) is 66.4 Å². The maximum Gasteiger partial charge on any atom is 0.155 e. The molecule has 2 rings (SSSR count). The van der Waals surface area contributed by atoms with Crippen molar-refractivity contribution in [2.75, 3.05) is 16.8 Å². The molecule has 0 saturated carbocycles. The lowest BCUT2D eigenvalue weighted by Crippen LogP contribution is -2.31. The summed E-state index contributed by atoms with van der Waals surface area (Å²) in [5.74, 6) is -0.320. The van der Waals surface area contributed by atoms with Gasteiger partial charge < -0.3 is 10.4 Å². The Kier molecular flexibility index (Phi) is 3.54. The van der Waals surface area contributed by atoms with Crippen LogP contribution in [0.1, 0.15) is 0 Å². The molecule has 1 aliphatic heterocycles. The normalized spacial score (nSPS) is 27.0. The van der Waals surface area contributed by atoms with Crippen molar-refractivity contribution >= 4 is 38.7 Å². The van der Waals surface area contributed by atoms with Crippen molar-refractivity contribution in [1.82, 2.24) is 0 Å². The second kappa shape index (κ2) is 4.65. The molecule has 1 heterocycles. The highest BCUT2D eigenvalue weighted by molar-refractivity contribution is 7.91. The Morgan fingerprint density at radius 3 is 2.59 bits per heavy atom. The van der Waals surface area contributed by atoms with Crippen LogP contribution in [0.5, 0.6) is 0 Å². The van der Waals surface area contributed by atoms with Crippen LogP contribution < -0.4 is 5.32 Å². The predicted molar refractivity (Wildman–Crippen MR) is 68.5 cm³/mol. The molecule has 0 amide bonds. The van der Waals surface area contributed by atoms with Gasteiger partial charge in [0.1, 0.15) is 0 Å². The number of sulfone groups is 1.